The van der Waals surface area contributed by atoms with E-state index in [4.69, 9.17) is 0 Å². The summed E-state index contributed by atoms with van der Waals surface area (Å²) in [5, 5.41) is 0.898. The van der Waals surface area contributed by atoms with Gasteiger partial charge in [-0.15, -0.1) is 0 Å². The molecule has 0 spiro atoms. The van der Waals surface area contributed by atoms with Crippen molar-refractivity contribution >= 4 is 27.9 Å². The van der Waals surface area contributed by atoms with Gasteiger partial charge in [-0.25, -0.2) is 0 Å². The van der Waals surface area contributed by atoms with E-state index in [0.29, 0.717) is 6.42 Å². The van der Waals surface area contributed by atoms with Crippen molar-refractivity contribution in [1.82, 2.24) is 0 Å². The summed E-state index contributed by atoms with van der Waals surface area (Å²) in [6.45, 7) is 0. The molecule has 0 saturated carbocycles. The van der Waals surface area contributed by atoms with Crippen LogP contribution in [-0.4, -0.2) is 17.3 Å². The summed E-state index contributed by atoms with van der Waals surface area (Å²) >= 11 is 0. The first-order valence-corrected chi connectivity index (χ1v) is 6.95. The second-order valence-corrected chi connectivity index (χ2v) is 5.86. The molecule has 13 heavy (non-hydrogen) atoms. The molecule has 0 aliphatic carbocycles. The Morgan fingerprint density at radius 1 is 1.31 bits per heavy atom. The van der Waals surface area contributed by atoms with Gasteiger partial charge in [-0.3, -0.25) is 6.29 Å². The SMILES string of the molecule is O=[C-]CCCCCC1CCSS1.[W]. The van der Waals surface area contributed by atoms with E-state index in [0.717, 1.165) is 11.7 Å². The fraction of sp³-hybridized carbons (Fsp3) is 0.889. The Morgan fingerprint density at radius 2 is 2.15 bits per heavy atom. The average molecular weight is 387 g/mol. The maximum atomic E-state index is 9.89. The number of hydrogen-bond acceptors (Lipinski definition) is 3. The third kappa shape index (κ3) is 7.04. The number of hydrogen-bond donors (Lipinski definition) is 0. The van der Waals surface area contributed by atoms with Crippen LogP contribution >= 0.6 is 21.6 Å². The zero-order valence-corrected chi connectivity index (χ0v) is 12.2. The fourth-order valence-corrected chi connectivity index (χ4v) is 4.34. The summed E-state index contributed by atoms with van der Waals surface area (Å²) in [5.41, 5.74) is 0. The molecular weight excluding hydrogens is 372 g/mol. The van der Waals surface area contributed by atoms with Crippen LogP contribution < -0.4 is 0 Å². The van der Waals surface area contributed by atoms with Gasteiger partial charge in [-0.05, 0) is 12.8 Å². The standard InChI is InChI=1S/C9H15OS2.W/c10-7-4-2-1-3-5-9-6-8-11-12-9;/h9H,1-6,8H2;/q-1;. The molecule has 0 radical (unpaired) electrons. The minimum atomic E-state index is 0. The van der Waals surface area contributed by atoms with Gasteiger partial charge in [0.25, 0.3) is 0 Å². The van der Waals surface area contributed by atoms with Crippen LogP contribution in [0.25, 0.3) is 0 Å². The third-order valence-corrected chi connectivity index (χ3v) is 5.04. The molecule has 76 valence electrons. The summed E-state index contributed by atoms with van der Waals surface area (Å²) in [4.78, 5) is 9.89. The molecule has 1 fully saturated rings. The van der Waals surface area contributed by atoms with Gasteiger partial charge in [-0.1, -0.05) is 40.9 Å². The van der Waals surface area contributed by atoms with Crippen molar-refractivity contribution in [1.29, 1.82) is 0 Å². The Hall–Kier alpha value is 1.06. The molecule has 0 aromatic heterocycles. The van der Waals surface area contributed by atoms with Crippen LogP contribution in [0.2, 0.25) is 0 Å². The summed E-state index contributed by atoms with van der Waals surface area (Å²) in [6.07, 6.45) is 8.83. The van der Waals surface area contributed by atoms with Gasteiger partial charge in [-0.2, -0.15) is 6.42 Å². The predicted octanol–water partition coefficient (Wildman–Crippen LogP) is 3.20. The quantitative estimate of drug-likeness (QED) is 0.396. The van der Waals surface area contributed by atoms with Gasteiger partial charge in [0, 0.05) is 32.1 Å². The van der Waals surface area contributed by atoms with E-state index in [1.807, 2.05) is 27.9 Å². The van der Waals surface area contributed by atoms with Crippen molar-refractivity contribution in [2.75, 3.05) is 5.75 Å². The maximum absolute atomic E-state index is 9.89. The van der Waals surface area contributed by atoms with Crippen molar-refractivity contribution in [2.45, 2.75) is 43.8 Å². The minimum Gasteiger partial charge on any atom is -0.542 e. The number of rotatable bonds is 6. The molecule has 4 heteroatoms. The van der Waals surface area contributed by atoms with Crippen molar-refractivity contribution in [3.05, 3.63) is 0 Å². The molecule has 0 aromatic rings. The van der Waals surface area contributed by atoms with E-state index in [2.05, 4.69) is 0 Å². The van der Waals surface area contributed by atoms with Crippen LogP contribution in [0, 0.1) is 0 Å². The molecule has 0 N–H and O–H groups in total. The summed E-state index contributed by atoms with van der Waals surface area (Å²) < 4.78 is 0. The monoisotopic (exact) mass is 387 g/mol. The number of carbonyl (C=O) groups excluding carboxylic acids is 1. The Bertz CT molecular complexity index is 127. The van der Waals surface area contributed by atoms with E-state index in [9.17, 15) is 4.79 Å². The molecule has 1 aliphatic heterocycles. The fourth-order valence-electron chi connectivity index (χ4n) is 1.31. The topological polar surface area (TPSA) is 17.1 Å². The van der Waals surface area contributed by atoms with Crippen LogP contribution in [0.4, 0.5) is 0 Å². The molecule has 1 nitrogen and oxygen atoms in total. The average Bonchev–Trinajstić information content (AvgIpc) is 2.57. The van der Waals surface area contributed by atoms with Crippen LogP contribution in [0.1, 0.15) is 38.5 Å². The van der Waals surface area contributed by atoms with Crippen molar-refractivity contribution < 1.29 is 25.9 Å². The first-order chi connectivity index (χ1) is 5.93. The number of unbranched alkanes of at least 4 members (excludes halogenated alkanes) is 3. The minimum absolute atomic E-state index is 0. The van der Waals surface area contributed by atoms with Crippen molar-refractivity contribution in [2.24, 2.45) is 0 Å². The van der Waals surface area contributed by atoms with Crippen molar-refractivity contribution in [3.8, 4) is 0 Å². The summed E-state index contributed by atoms with van der Waals surface area (Å²) in [6, 6.07) is 0. The Kier molecular flexibility index (Phi) is 10.4. The third-order valence-electron chi connectivity index (χ3n) is 2.03. The van der Waals surface area contributed by atoms with Gasteiger partial charge >= 0.3 is 0 Å². The van der Waals surface area contributed by atoms with E-state index >= 15 is 0 Å². The van der Waals surface area contributed by atoms with Crippen LogP contribution in [0.5, 0.6) is 0 Å². The van der Waals surface area contributed by atoms with Gasteiger partial charge < -0.3 is 4.79 Å². The van der Waals surface area contributed by atoms with E-state index in [1.54, 1.807) is 0 Å². The molecule has 0 amide bonds. The normalized spacial score (nSPS) is 21.1. The van der Waals surface area contributed by atoms with Crippen LogP contribution in [0.15, 0.2) is 0 Å². The molecule has 0 bridgehead atoms. The smallest absolute Gasteiger partial charge is 0.0159 e. The molecule has 0 aromatic carbocycles. The van der Waals surface area contributed by atoms with Gasteiger partial charge in [0.05, 0.1) is 0 Å². The van der Waals surface area contributed by atoms with E-state index in [-0.39, 0.29) is 21.1 Å². The second kappa shape index (κ2) is 9.61. The second-order valence-electron chi connectivity index (χ2n) is 3.07. The Morgan fingerprint density at radius 3 is 2.77 bits per heavy atom. The predicted molar refractivity (Wildman–Crippen MR) is 57.2 cm³/mol. The Balaban J connectivity index is 0.00000144. The van der Waals surface area contributed by atoms with Gasteiger partial charge in [0.2, 0.25) is 0 Å². The molecule has 1 rings (SSSR count). The van der Waals surface area contributed by atoms with E-state index in [1.165, 1.54) is 31.4 Å². The first kappa shape index (κ1) is 14.1. The zero-order valence-electron chi connectivity index (χ0n) is 7.66. The summed E-state index contributed by atoms with van der Waals surface area (Å²) in [7, 11) is 4.05. The molecule has 1 atom stereocenters. The van der Waals surface area contributed by atoms with Crippen LogP contribution in [0.3, 0.4) is 0 Å². The first-order valence-electron chi connectivity index (χ1n) is 4.57. The van der Waals surface area contributed by atoms with Crippen molar-refractivity contribution in [3.63, 3.8) is 0 Å². The molecule has 1 unspecified atom stereocenters. The summed E-state index contributed by atoms with van der Waals surface area (Å²) in [5.74, 6) is 1.33. The maximum Gasteiger partial charge on any atom is 0.0159 e. The molecular formula is C9H15OS2W-. The van der Waals surface area contributed by atoms with Gasteiger partial charge in [0.1, 0.15) is 0 Å². The van der Waals surface area contributed by atoms with E-state index < -0.39 is 0 Å². The largest absolute Gasteiger partial charge is 0.542 e. The Labute approximate surface area is 103 Å². The van der Waals surface area contributed by atoms with Gasteiger partial charge in [0.15, 0.2) is 0 Å². The van der Waals surface area contributed by atoms with Crippen LogP contribution in [-0.2, 0) is 25.9 Å². The molecule has 1 saturated heterocycles. The molecule has 1 heterocycles. The molecule has 1 aliphatic rings. The zero-order chi connectivity index (χ0) is 8.65.